The zero-order valence-electron chi connectivity index (χ0n) is 16.9. The van der Waals surface area contributed by atoms with E-state index in [4.69, 9.17) is 0 Å². The van der Waals surface area contributed by atoms with Crippen molar-refractivity contribution < 1.29 is 26.3 Å². The monoisotopic (exact) mass is 532 g/mol. The van der Waals surface area contributed by atoms with Crippen molar-refractivity contribution in [2.75, 3.05) is 0 Å². The normalized spacial score (nSPS) is 31.8. The smallest absolute Gasteiger partial charge is 0.194 e. The molecule has 2 unspecified atom stereocenters. The van der Waals surface area contributed by atoms with Crippen LogP contribution in [0.2, 0.25) is 0 Å². The Bertz CT molecular complexity index is 1260. The summed E-state index contributed by atoms with van der Waals surface area (Å²) >= 11 is 11.1. The highest BCUT2D eigenvalue weighted by atomic mass is 32.2. The Morgan fingerprint density at radius 3 is 1.33 bits per heavy atom. The van der Waals surface area contributed by atoms with Crippen LogP contribution >= 0.6 is 48.8 Å². The lowest BCUT2D eigenvalue weighted by atomic mass is 9.68. The Morgan fingerprint density at radius 1 is 0.606 bits per heavy atom. The molecule has 2 atom stereocenters. The number of hydrogen-bond donors (Lipinski definition) is 2. The zero-order chi connectivity index (χ0) is 23.9. The number of fused-ring (bicyclic) bond motifs is 8. The van der Waals surface area contributed by atoms with E-state index in [2.05, 4.69) is 25.3 Å². The van der Waals surface area contributed by atoms with Gasteiger partial charge in [0.1, 0.15) is 0 Å². The summed E-state index contributed by atoms with van der Waals surface area (Å²) in [5, 5.41) is 0. The van der Waals surface area contributed by atoms with Crippen molar-refractivity contribution in [1.82, 2.24) is 0 Å². The molecular formula is C23H14F6S4. The van der Waals surface area contributed by atoms with Crippen molar-refractivity contribution in [3.63, 3.8) is 0 Å². The van der Waals surface area contributed by atoms with Gasteiger partial charge in [0.05, 0.1) is 9.49 Å². The number of thioether (sulfide) groups is 2. The van der Waals surface area contributed by atoms with E-state index in [0.717, 1.165) is 0 Å². The maximum absolute atomic E-state index is 15.4. The second-order valence-electron chi connectivity index (χ2n) is 8.85. The summed E-state index contributed by atoms with van der Waals surface area (Å²) in [4.78, 5) is 2.22. The third-order valence-electron chi connectivity index (χ3n) is 7.13. The molecular weight excluding hydrogens is 519 g/mol. The molecule has 1 fully saturated rings. The van der Waals surface area contributed by atoms with Gasteiger partial charge in [-0.15, -0.1) is 48.8 Å². The minimum Gasteiger partial charge on any atom is -0.194 e. The number of thiol groups is 2. The minimum atomic E-state index is -5.56. The molecule has 172 valence electrons. The van der Waals surface area contributed by atoms with Crippen molar-refractivity contribution in [1.29, 1.82) is 0 Å². The summed E-state index contributed by atoms with van der Waals surface area (Å²) in [5.74, 6) is -15.7. The van der Waals surface area contributed by atoms with E-state index in [1.165, 1.54) is 35.7 Å². The fourth-order valence-corrected chi connectivity index (χ4v) is 9.33. The summed E-state index contributed by atoms with van der Waals surface area (Å²) in [6, 6.07) is 9.43. The molecule has 1 saturated carbocycles. The van der Waals surface area contributed by atoms with Crippen molar-refractivity contribution in [3.05, 3.63) is 58.7 Å². The number of benzene rings is 2. The SMILES string of the molecule is CC12Sc3cc(S)ccc3C1=C1C(=C3c4ccc(S)cc4SC32C)C(F)(F)C(F)(F)C1(F)F. The number of allylic oxidation sites excluding steroid dienone is 2. The van der Waals surface area contributed by atoms with Crippen LogP contribution in [0.5, 0.6) is 0 Å². The first-order valence-electron chi connectivity index (χ1n) is 9.87. The van der Waals surface area contributed by atoms with Crippen LogP contribution in [0.15, 0.2) is 67.1 Å². The lowest BCUT2D eigenvalue weighted by molar-refractivity contribution is -0.257. The Morgan fingerprint density at radius 2 is 0.970 bits per heavy atom. The molecule has 2 aromatic rings. The minimum absolute atomic E-state index is 0.148. The summed E-state index contributed by atoms with van der Waals surface area (Å²) in [6.45, 7) is 3.36. The largest absolute Gasteiger partial charge is 0.380 e. The van der Waals surface area contributed by atoms with Crippen LogP contribution in [0.3, 0.4) is 0 Å². The second-order valence-corrected chi connectivity index (χ2v) is 12.8. The highest BCUT2D eigenvalue weighted by Gasteiger charge is 2.84. The molecule has 6 rings (SSSR count). The number of halogens is 6. The highest BCUT2D eigenvalue weighted by Crippen LogP contribution is 2.78. The molecule has 0 nitrogen and oxygen atoms in total. The number of rotatable bonds is 0. The molecule has 0 radical (unpaired) electrons. The topological polar surface area (TPSA) is 0 Å². The highest BCUT2D eigenvalue weighted by molar-refractivity contribution is 8.06. The molecule has 0 spiro atoms. The zero-order valence-corrected chi connectivity index (χ0v) is 20.4. The Balaban J connectivity index is 1.83. The van der Waals surface area contributed by atoms with Gasteiger partial charge in [0.15, 0.2) is 0 Å². The Kier molecular flexibility index (Phi) is 4.18. The summed E-state index contributed by atoms with van der Waals surface area (Å²) in [5.41, 5.74) is -2.24. The standard InChI is InChI=1S/C23H14F6S4/c1-19-15(11-5-3-9(30)7-13(11)32-19)17-18(22(26,27)23(28,29)21(17,24)25)16-12-6-4-10(31)8-14(12)33-20(16,19)2/h3-8,30-31H,1-2H3. The molecule has 2 aliphatic heterocycles. The van der Waals surface area contributed by atoms with Gasteiger partial charge in [0.25, 0.3) is 0 Å². The van der Waals surface area contributed by atoms with Gasteiger partial charge in [-0.2, -0.15) is 26.3 Å². The summed E-state index contributed by atoms with van der Waals surface area (Å²) in [7, 11) is 0. The van der Waals surface area contributed by atoms with Gasteiger partial charge in [0.2, 0.25) is 0 Å². The fourth-order valence-electron chi connectivity index (χ4n) is 5.47. The van der Waals surface area contributed by atoms with E-state index in [0.29, 0.717) is 19.6 Å². The van der Waals surface area contributed by atoms with Crippen LogP contribution < -0.4 is 0 Å². The van der Waals surface area contributed by atoms with Crippen molar-refractivity contribution in [2.24, 2.45) is 0 Å². The van der Waals surface area contributed by atoms with Crippen LogP contribution in [0.25, 0.3) is 11.1 Å². The van der Waals surface area contributed by atoms with Gasteiger partial charge in [-0.1, -0.05) is 12.1 Å². The maximum atomic E-state index is 15.4. The molecule has 0 amide bonds. The molecule has 0 saturated heterocycles. The predicted molar refractivity (Wildman–Crippen MR) is 125 cm³/mol. The molecule has 33 heavy (non-hydrogen) atoms. The van der Waals surface area contributed by atoms with Gasteiger partial charge in [-0.3, -0.25) is 0 Å². The van der Waals surface area contributed by atoms with E-state index in [-0.39, 0.29) is 22.3 Å². The quantitative estimate of drug-likeness (QED) is 0.260. The molecule has 2 aromatic carbocycles. The van der Waals surface area contributed by atoms with Crippen molar-refractivity contribution in [2.45, 2.75) is 60.7 Å². The molecule has 2 aliphatic carbocycles. The summed E-state index contributed by atoms with van der Waals surface area (Å²) in [6.07, 6.45) is 0. The maximum Gasteiger partial charge on any atom is 0.380 e. The molecule has 2 heterocycles. The van der Waals surface area contributed by atoms with Gasteiger partial charge in [-0.25, -0.2) is 0 Å². The van der Waals surface area contributed by atoms with Crippen molar-refractivity contribution >= 4 is 59.9 Å². The molecule has 0 bridgehead atoms. The van der Waals surface area contributed by atoms with E-state index in [1.54, 1.807) is 38.1 Å². The van der Waals surface area contributed by atoms with Gasteiger partial charge in [-0.05, 0) is 60.4 Å². The average Bonchev–Trinajstić information content (AvgIpc) is 3.20. The van der Waals surface area contributed by atoms with Crippen LogP contribution in [0, 0.1) is 0 Å². The number of hydrogen-bond acceptors (Lipinski definition) is 4. The van der Waals surface area contributed by atoms with Gasteiger partial charge < -0.3 is 0 Å². The molecule has 10 heteroatoms. The van der Waals surface area contributed by atoms with Crippen LogP contribution in [-0.2, 0) is 0 Å². The van der Waals surface area contributed by atoms with E-state index in [1.807, 2.05) is 0 Å². The average molecular weight is 533 g/mol. The predicted octanol–water partition coefficient (Wildman–Crippen LogP) is 8.13. The fraction of sp³-hybridized carbons (Fsp3) is 0.304. The first-order chi connectivity index (χ1) is 15.2. The van der Waals surface area contributed by atoms with E-state index < -0.39 is 38.4 Å². The lowest BCUT2D eigenvalue weighted by Crippen LogP contribution is -2.47. The van der Waals surface area contributed by atoms with Crippen LogP contribution in [0.1, 0.15) is 25.0 Å². The second kappa shape index (κ2) is 6.17. The Hall–Kier alpha value is -1.10. The van der Waals surface area contributed by atoms with E-state index in [9.17, 15) is 8.78 Å². The lowest BCUT2D eigenvalue weighted by Gasteiger charge is -2.47. The van der Waals surface area contributed by atoms with Crippen LogP contribution in [0.4, 0.5) is 26.3 Å². The van der Waals surface area contributed by atoms with Gasteiger partial charge in [0, 0.05) is 30.7 Å². The van der Waals surface area contributed by atoms with E-state index >= 15 is 17.6 Å². The Labute approximate surface area is 205 Å². The molecule has 0 N–H and O–H groups in total. The number of alkyl halides is 6. The van der Waals surface area contributed by atoms with Crippen LogP contribution in [-0.4, -0.2) is 27.3 Å². The van der Waals surface area contributed by atoms with Gasteiger partial charge >= 0.3 is 17.8 Å². The summed E-state index contributed by atoms with van der Waals surface area (Å²) < 4.78 is 88.8. The van der Waals surface area contributed by atoms with Crippen molar-refractivity contribution in [3.8, 4) is 0 Å². The third-order valence-corrected chi connectivity index (χ3v) is 11.0. The molecule has 0 aromatic heterocycles. The molecule has 4 aliphatic rings. The first-order valence-corrected chi connectivity index (χ1v) is 12.4. The third kappa shape index (κ3) is 2.30. The first kappa shape index (κ1) is 22.4.